The lowest BCUT2D eigenvalue weighted by Gasteiger charge is -2.02. The molecule has 1 aromatic heterocycles. The van der Waals surface area contributed by atoms with Crippen LogP contribution < -0.4 is 5.73 Å². The zero-order valence-electron chi connectivity index (χ0n) is 7.92. The van der Waals surface area contributed by atoms with Gasteiger partial charge in [0, 0.05) is 10.0 Å². The van der Waals surface area contributed by atoms with Crippen LogP contribution in [0.3, 0.4) is 0 Å². The summed E-state index contributed by atoms with van der Waals surface area (Å²) in [4.78, 5) is 0. The standard InChI is InChI=1S/C10H8BrIN2O/c1-5-2-3-6(11)4-7(5)9-8(12)10(13)14-15-9/h2-4H,1H3,(H2,13,14). The lowest BCUT2D eigenvalue weighted by molar-refractivity contribution is 0.435. The third-order valence-corrected chi connectivity index (χ3v) is 3.64. The molecular formula is C10H8BrIN2O. The van der Waals surface area contributed by atoms with Crippen LogP contribution in [0.5, 0.6) is 0 Å². The molecule has 0 amide bonds. The highest BCUT2D eigenvalue weighted by molar-refractivity contribution is 14.1. The molecule has 0 aliphatic heterocycles. The van der Waals surface area contributed by atoms with Crippen molar-refractivity contribution >= 4 is 44.3 Å². The second kappa shape index (κ2) is 4.13. The van der Waals surface area contributed by atoms with Gasteiger partial charge in [-0.15, -0.1) is 0 Å². The van der Waals surface area contributed by atoms with Gasteiger partial charge in [0.1, 0.15) is 3.57 Å². The maximum atomic E-state index is 5.64. The van der Waals surface area contributed by atoms with Crippen LogP contribution in [0.1, 0.15) is 5.56 Å². The number of nitrogens with two attached hydrogens (primary N) is 1. The first-order valence-corrected chi connectivity index (χ1v) is 6.14. The number of nitrogen functional groups attached to an aromatic ring is 1. The molecule has 3 nitrogen and oxygen atoms in total. The van der Waals surface area contributed by atoms with Gasteiger partial charge in [-0.05, 0) is 47.2 Å². The van der Waals surface area contributed by atoms with Crippen molar-refractivity contribution in [2.24, 2.45) is 0 Å². The van der Waals surface area contributed by atoms with Gasteiger partial charge in [-0.25, -0.2) is 0 Å². The topological polar surface area (TPSA) is 52.0 Å². The number of benzene rings is 1. The van der Waals surface area contributed by atoms with E-state index in [0.717, 1.165) is 24.9 Å². The number of hydrogen-bond donors (Lipinski definition) is 1. The molecular weight excluding hydrogens is 371 g/mol. The third kappa shape index (κ3) is 2.03. The van der Waals surface area contributed by atoms with E-state index >= 15 is 0 Å². The van der Waals surface area contributed by atoms with Crippen LogP contribution in [0, 0.1) is 10.5 Å². The van der Waals surface area contributed by atoms with E-state index in [2.05, 4.69) is 43.7 Å². The maximum Gasteiger partial charge on any atom is 0.182 e. The van der Waals surface area contributed by atoms with Gasteiger partial charge in [0.05, 0.1) is 0 Å². The Morgan fingerprint density at radius 3 is 2.80 bits per heavy atom. The molecule has 78 valence electrons. The summed E-state index contributed by atoms with van der Waals surface area (Å²) < 4.78 is 7.08. The van der Waals surface area contributed by atoms with Crippen LogP contribution in [0.2, 0.25) is 0 Å². The van der Waals surface area contributed by atoms with Crippen molar-refractivity contribution in [1.82, 2.24) is 5.16 Å². The molecule has 1 aromatic carbocycles. The average Bonchev–Trinajstić information content (AvgIpc) is 2.52. The molecule has 0 radical (unpaired) electrons. The number of halogens is 2. The molecule has 0 saturated heterocycles. The first-order chi connectivity index (χ1) is 7.09. The van der Waals surface area contributed by atoms with Gasteiger partial charge in [-0.2, -0.15) is 0 Å². The summed E-state index contributed by atoms with van der Waals surface area (Å²) in [6, 6.07) is 6.01. The van der Waals surface area contributed by atoms with Crippen LogP contribution in [-0.4, -0.2) is 5.16 Å². The molecule has 15 heavy (non-hydrogen) atoms. The Hall–Kier alpha value is -0.560. The van der Waals surface area contributed by atoms with E-state index in [1.54, 1.807) is 0 Å². The van der Waals surface area contributed by atoms with E-state index < -0.39 is 0 Å². The van der Waals surface area contributed by atoms with Crippen molar-refractivity contribution < 1.29 is 4.52 Å². The van der Waals surface area contributed by atoms with Crippen LogP contribution in [0.4, 0.5) is 5.82 Å². The number of aryl methyl sites for hydroxylation is 1. The predicted molar refractivity (Wildman–Crippen MR) is 71.5 cm³/mol. The SMILES string of the molecule is Cc1ccc(Br)cc1-c1onc(N)c1I. The zero-order chi connectivity index (χ0) is 11.0. The summed E-state index contributed by atoms with van der Waals surface area (Å²) >= 11 is 5.56. The van der Waals surface area contributed by atoms with Crippen molar-refractivity contribution in [3.05, 3.63) is 31.8 Å². The Morgan fingerprint density at radius 1 is 1.47 bits per heavy atom. The van der Waals surface area contributed by atoms with E-state index in [9.17, 15) is 0 Å². The smallest absolute Gasteiger partial charge is 0.182 e. The lowest BCUT2D eigenvalue weighted by Crippen LogP contribution is -1.87. The summed E-state index contributed by atoms with van der Waals surface area (Å²) in [7, 11) is 0. The number of nitrogens with zero attached hydrogens (tertiary/aromatic N) is 1. The third-order valence-electron chi connectivity index (χ3n) is 2.10. The van der Waals surface area contributed by atoms with E-state index in [4.69, 9.17) is 10.3 Å². The Balaban J connectivity index is 2.63. The first kappa shape index (κ1) is 10.9. The number of aromatic nitrogens is 1. The van der Waals surface area contributed by atoms with Crippen LogP contribution in [0.25, 0.3) is 11.3 Å². The lowest BCUT2D eigenvalue weighted by atomic mass is 10.1. The molecule has 1 heterocycles. The van der Waals surface area contributed by atoms with Crippen molar-refractivity contribution in [2.45, 2.75) is 6.92 Å². The average molecular weight is 379 g/mol. The molecule has 2 aromatic rings. The van der Waals surface area contributed by atoms with E-state index in [1.165, 1.54) is 0 Å². The molecule has 0 aliphatic rings. The first-order valence-electron chi connectivity index (χ1n) is 4.26. The number of anilines is 1. The quantitative estimate of drug-likeness (QED) is 0.771. The monoisotopic (exact) mass is 378 g/mol. The van der Waals surface area contributed by atoms with Gasteiger partial charge >= 0.3 is 0 Å². The normalized spacial score (nSPS) is 10.6. The van der Waals surface area contributed by atoms with Gasteiger partial charge in [-0.1, -0.05) is 27.2 Å². The van der Waals surface area contributed by atoms with Gasteiger partial charge < -0.3 is 10.3 Å². The van der Waals surface area contributed by atoms with E-state index in [0.29, 0.717) is 5.82 Å². The number of hydrogen-bond acceptors (Lipinski definition) is 3. The minimum Gasteiger partial charge on any atom is -0.380 e. The zero-order valence-corrected chi connectivity index (χ0v) is 11.7. The maximum absolute atomic E-state index is 5.64. The summed E-state index contributed by atoms with van der Waals surface area (Å²) in [6.07, 6.45) is 0. The molecule has 0 bridgehead atoms. The Kier molecular flexibility index (Phi) is 3.01. The summed E-state index contributed by atoms with van der Waals surface area (Å²) in [5.41, 5.74) is 7.79. The molecule has 0 fully saturated rings. The van der Waals surface area contributed by atoms with Crippen LogP contribution >= 0.6 is 38.5 Å². The number of rotatable bonds is 1. The van der Waals surface area contributed by atoms with Gasteiger partial charge in [0.25, 0.3) is 0 Å². The van der Waals surface area contributed by atoms with Gasteiger partial charge in [0.2, 0.25) is 0 Å². The van der Waals surface area contributed by atoms with Crippen LogP contribution in [-0.2, 0) is 0 Å². The highest BCUT2D eigenvalue weighted by Crippen LogP contribution is 2.32. The van der Waals surface area contributed by atoms with Crippen molar-refractivity contribution in [2.75, 3.05) is 5.73 Å². The van der Waals surface area contributed by atoms with Crippen molar-refractivity contribution in [1.29, 1.82) is 0 Å². The Labute approximate surface area is 109 Å². The minimum absolute atomic E-state index is 0.435. The fourth-order valence-corrected chi connectivity index (χ4v) is 2.15. The largest absolute Gasteiger partial charge is 0.380 e. The van der Waals surface area contributed by atoms with Gasteiger partial charge in [-0.3, -0.25) is 0 Å². The fourth-order valence-electron chi connectivity index (χ4n) is 1.30. The molecule has 0 saturated carbocycles. The molecule has 2 N–H and O–H groups in total. The van der Waals surface area contributed by atoms with E-state index in [-0.39, 0.29) is 0 Å². The summed E-state index contributed by atoms with van der Waals surface area (Å²) in [5.74, 6) is 1.16. The summed E-state index contributed by atoms with van der Waals surface area (Å²) in [5, 5.41) is 3.74. The molecule has 0 atom stereocenters. The predicted octanol–water partition coefficient (Wildman–Crippen LogP) is 3.60. The second-order valence-electron chi connectivity index (χ2n) is 3.17. The molecule has 0 aliphatic carbocycles. The molecule has 0 spiro atoms. The van der Waals surface area contributed by atoms with Crippen molar-refractivity contribution in [3.8, 4) is 11.3 Å². The highest BCUT2D eigenvalue weighted by atomic mass is 127. The molecule has 2 rings (SSSR count). The summed E-state index contributed by atoms with van der Waals surface area (Å²) in [6.45, 7) is 2.02. The fraction of sp³-hybridized carbons (Fsp3) is 0.100. The van der Waals surface area contributed by atoms with Gasteiger partial charge in [0.15, 0.2) is 11.6 Å². The second-order valence-corrected chi connectivity index (χ2v) is 5.16. The van der Waals surface area contributed by atoms with Crippen molar-refractivity contribution in [3.63, 3.8) is 0 Å². The van der Waals surface area contributed by atoms with E-state index in [1.807, 2.05) is 25.1 Å². The van der Waals surface area contributed by atoms with Crippen LogP contribution in [0.15, 0.2) is 27.2 Å². The Bertz CT molecular complexity index is 510. The molecule has 0 unspecified atom stereocenters. The minimum atomic E-state index is 0.435. The molecule has 5 heteroatoms. The highest BCUT2D eigenvalue weighted by Gasteiger charge is 2.14. The Morgan fingerprint density at radius 2 is 2.20 bits per heavy atom.